The molecule has 90 valence electrons. The molecule has 3 heteroatoms. The lowest BCUT2D eigenvalue weighted by molar-refractivity contribution is 0.116. The number of para-hydroxylation sites is 2. The number of anilines is 2. The third kappa shape index (κ3) is 4.11. The van der Waals surface area contributed by atoms with Crippen LogP contribution in [0.15, 0.2) is 24.3 Å². The highest BCUT2D eigenvalue weighted by Gasteiger charge is 2.03. The monoisotopic (exact) mass is 222 g/mol. The van der Waals surface area contributed by atoms with E-state index in [0.717, 1.165) is 31.1 Å². The molecule has 0 bridgehead atoms. The Morgan fingerprint density at radius 2 is 2.00 bits per heavy atom. The molecule has 0 atom stereocenters. The van der Waals surface area contributed by atoms with Crippen LogP contribution < -0.4 is 10.6 Å². The number of hydrogen-bond acceptors (Lipinski definition) is 3. The Bertz CT molecular complexity index is 313. The maximum absolute atomic E-state index is 5.89. The smallest absolute Gasteiger partial charge is 0.0641 e. The van der Waals surface area contributed by atoms with E-state index < -0.39 is 0 Å². The fraction of sp³-hybridized carbons (Fsp3) is 0.538. The lowest BCUT2D eigenvalue weighted by Crippen LogP contribution is -2.24. The zero-order valence-corrected chi connectivity index (χ0v) is 10.4. The van der Waals surface area contributed by atoms with E-state index in [-0.39, 0.29) is 0 Å². The van der Waals surface area contributed by atoms with Crippen LogP contribution in [-0.2, 0) is 4.74 Å². The Balaban J connectivity index is 2.35. The van der Waals surface area contributed by atoms with Crippen LogP contribution in [0.5, 0.6) is 0 Å². The second-order valence-corrected chi connectivity index (χ2v) is 4.45. The van der Waals surface area contributed by atoms with Crippen LogP contribution in [-0.4, -0.2) is 26.8 Å². The minimum atomic E-state index is 0.590. The largest absolute Gasteiger partial charge is 0.397 e. The first-order valence-corrected chi connectivity index (χ1v) is 5.74. The van der Waals surface area contributed by atoms with Crippen LogP contribution in [0.2, 0.25) is 0 Å². The Labute approximate surface area is 98.2 Å². The summed E-state index contributed by atoms with van der Waals surface area (Å²) in [5.74, 6) is 0.590. The second-order valence-electron chi connectivity index (χ2n) is 4.45. The molecule has 0 heterocycles. The van der Waals surface area contributed by atoms with Crippen LogP contribution >= 0.6 is 0 Å². The van der Waals surface area contributed by atoms with Crippen molar-refractivity contribution in [3.63, 3.8) is 0 Å². The average molecular weight is 222 g/mol. The van der Waals surface area contributed by atoms with Gasteiger partial charge in [-0.15, -0.1) is 0 Å². The fourth-order valence-corrected chi connectivity index (χ4v) is 1.48. The van der Waals surface area contributed by atoms with Crippen LogP contribution in [0.25, 0.3) is 0 Å². The molecular weight excluding hydrogens is 200 g/mol. The molecule has 0 aliphatic rings. The van der Waals surface area contributed by atoms with Crippen molar-refractivity contribution < 1.29 is 4.74 Å². The minimum absolute atomic E-state index is 0.590. The summed E-state index contributed by atoms with van der Waals surface area (Å²) in [4.78, 5) is 2.12. The van der Waals surface area contributed by atoms with Gasteiger partial charge >= 0.3 is 0 Å². The van der Waals surface area contributed by atoms with Crippen molar-refractivity contribution in [3.05, 3.63) is 24.3 Å². The molecule has 1 aromatic rings. The Morgan fingerprint density at radius 3 is 2.62 bits per heavy atom. The molecule has 16 heavy (non-hydrogen) atoms. The van der Waals surface area contributed by atoms with E-state index in [0.29, 0.717) is 5.92 Å². The van der Waals surface area contributed by atoms with Gasteiger partial charge in [-0.2, -0.15) is 0 Å². The van der Waals surface area contributed by atoms with Gasteiger partial charge in [0.1, 0.15) is 0 Å². The van der Waals surface area contributed by atoms with Crippen molar-refractivity contribution in [2.24, 2.45) is 5.92 Å². The zero-order valence-electron chi connectivity index (χ0n) is 10.4. The van der Waals surface area contributed by atoms with Crippen LogP contribution in [0.3, 0.4) is 0 Å². The number of rotatable bonds is 6. The van der Waals surface area contributed by atoms with Gasteiger partial charge in [-0.1, -0.05) is 26.0 Å². The van der Waals surface area contributed by atoms with Gasteiger partial charge in [-0.3, -0.25) is 0 Å². The van der Waals surface area contributed by atoms with Gasteiger partial charge in [0.15, 0.2) is 0 Å². The number of hydrogen-bond donors (Lipinski definition) is 1. The van der Waals surface area contributed by atoms with E-state index in [1.807, 2.05) is 31.3 Å². The van der Waals surface area contributed by atoms with Gasteiger partial charge in [0.2, 0.25) is 0 Å². The third-order valence-electron chi connectivity index (χ3n) is 2.37. The van der Waals surface area contributed by atoms with Crippen molar-refractivity contribution in [2.75, 3.05) is 37.4 Å². The van der Waals surface area contributed by atoms with Crippen molar-refractivity contribution in [1.29, 1.82) is 0 Å². The summed E-state index contributed by atoms with van der Waals surface area (Å²) in [6.45, 7) is 6.72. The minimum Gasteiger partial charge on any atom is -0.397 e. The zero-order chi connectivity index (χ0) is 12.0. The number of benzene rings is 1. The predicted octanol–water partition coefficient (Wildman–Crippen LogP) is 2.38. The van der Waals surface area contributed by atoms with Gasteiger partial charge in [-0.25, -0.2) is 0 Å². The van der Waals surface area contributed by atoms with Crippen molar-refractivity contribution in [2.45, 2.75) is 13.8 Å². The maximum atomic E-state index is 5.89. The van der Waals surface area contributed by atoms with E-state index in [1.165, 1.54) is 0 Å². The van der Waals surface area contributed by atoms with Crippen molar-refractivity contribution in [3.8, 4) is 0 Å². The molecule has 0 unspecified atom stereocenters. The molecule has 0 radical (unpaired) electrons. The van der Waals surface area contributed by atoms with E-state index >= 15 is 0 Å². The fourth-order valence-electron chi connectivity index (χ4n) is 1.48. The van der Waals surface area contributed by atoms with Crippen molar-refractivity contribution >= 4 is 11.4 Å². The molecule has 1 rings (SSSR count). The number of nitrogens with zero attached hydrogens (tertiary/aromatic N) is 1. The number of likely N-dealkylation sites (N-methyl/N-ethyl adjacent to an activating group) is 1. The lowest BCUT2D eigenvalue weighted by Gasteiger charge is -2.21. The highest BCUT2D eigenvalue weighted by atomic mass is 16.5. The molecule has 2 N–H and O–H groups in total. The molecule has 0 amide bonds. The van der Waals surface area contributed by atoms with Crippen LogP contribution in [0.1, 0.15) is 13.8 Å². The molecule has 0 fully saturated rings. The highest BCUT2D eigenvalue weighted by Crippen LogP contribution is 2.20. The van der Waals surface area contributed by atoms with Gasteiger partial charge in [-0.05, 0) is 18.1 Å². The summed E-state index contributed by atoms with van der Waals surface area (Å²) in [6.07, 6.45) is 0. The summed E-state index contributed by atoms with van der Waals surface area (Å²) in [7, 11) is 2.03. The molecule has 1 aromatic carbocycles. The number of ether oxygens (including phenoxy) is 1. The number of nitrogen functional groups attached to an aromatic ring is 1. The van der Waals surface area contributed by atoms with E-state index in [9.17, 15) is 0 Å². The standard InChI is InChI=1S/C13H22N2O/c1-11(2)10-16-9-8-15(3)13-7-5-4-6-12(13)14/h4-7,11H,8-10,14H2,1-3H3. The topological polar surface area (TPSA) is 38.5 Å². The van der Waals surface area contributed by atoms with E-state index in [2.05, 4.69) is 18.7 Å². The molecule has 3 nitrogen and oxygen atoms in total. The average Bonchev–Trinajstić information content (AvgIpc) is 2.24. The van der Waals surface area contributed by atoms with Crippen LogP contribution in [0.4, 0.5) is 11.4 Å². The van der Waals surface area contributed by atoms with Gasteiger partial charge in [0.25, 0.3) is 0 Å². The van der Waals surface area contributed by atoms with E-state index in [1.54, 1.807) is 0 Å². The molecule has 0 saturated heterocycles. The summed E-state index contributed by atoms with van der Waals surface area (Å²) in [5, 5.41) is 0. The van der Waals surface area contributed by atoms with Crippen molar-refractivity contribution in [1.82, 2.24) is 0 Å². The Hall–Kier alpha value is -1.22. The number of nitrogens with two attached hydrogens (primary N) is 1. The van der Waals surface area contributed by atoms with E-state index in [4.69, 9.17) is 10.5 Å². The van der Waals surface area contributed by atoms with Gasteiger partial charge in [0.05, 0.1) is 18.0 Å². The summed E-state index contributed by atoms with van der Waals surface area (Å²) in [6, 6.07) is 7.89. The lowest BCUT2D eigenvalue weighted by atomic mass is 10.2. The SMILES string of the molecule is CC(C)COCCN(C)c1ccccc1N. The second kappa shape index (κ2) is 6.38. The third-order valence-corrected chi connectivity index (χ3v) is 2.37. The van der Waals surface area contributed by atoms with Crippen LogP contribution in [0, 0.1) is 5.92 Å². The quantitative estimate of drug-likeness (QED) is 0.593. The molecule has 0 saturated carbocycles. The van der Waals surface area contributed by atoms with Gasteiger partial charge < -0.3 is 15.4 Å². The maximum Gasteiger partial charge on any atom is 0.0641 e. The summed E-state index contributed by atoms with van der Waals surface area (Å²) in [5.41, 5.74) is 7.77. The first kappa shape index (κ1) is 12.8. The highest BCUT2D eigenvalue weighted by molar-refractivity contribution is 5.66. The summed E-state index contributed by atoms with van der Waals surface area (Å²) < 4.78 is 5.54. The molecule has 0 aliphatic carbocycles. The predicted molar refractivity (Wildman–Crippen MR) is 69.8 cm³/mol. The Morgan fingerprint density at radius 1 is 1.31 bits per heavy atom. The van der Waals surface area contributed by atoms with Gasteiger partial charge in [0, 0.05) is 20.2 Å². The Kier molecular flexibility index (Phi) is 5.12. The summed E-state index contributed by atoms with van der Waals surface area (Å²) >= 11 is 0. The molecular formula is C13H22N2O. The molecule has 0 spiro atoms. The molecule has 0 aromatic heterocycles. The normalized spacial score (nSPS) is 10.8. The first-order chi connectivity index (χ1) is 7.61. The first-order valence-electron chi connectivity index (χ1n) is 5.74. The molecule has 0 aliphatic heterocycles.